The molecule has 0 saturated carbocycles. The first-order valence-corrected chi connectivity index (χ1v) is 12.7. The monoisotopic (exact) mass is 507 g/mol. The van der Waals surface area contributed by atoms with Crippen molar-refractivity contribution in [2.75, 3.05) is 31.1 Å². The third-order valence-electron chi connectivity index (χ3n) is 6.63. The summed E-state index contributed by atoms with van der Waals surface area (Å²) in [5, 5.41) is 6.89. The van der Waals surface area contributed by atoms with Crippen LogP contribution in [-0.4, -0.2) is 74.4 Å². The highest BCUT2D eigenvalue weighted by atomic mass is 16.6. The first-order chi connectivity index (χ1) is 17.8. The van der Waals surface area contributed by atoms with Gasteiger partial charge in [0.05, 0.1) is 6.04 Å². The van der Waals surface area contributed by atoms with Crippen LogP contribution in [0.15, 0.2) is 36.8 Å². The fourth-order valence-corrected chi connectivity index (χ4v) is 4.91. The number of amides is 2. The van der Waals surface area contributed by atoms with Gasteiger partial charge in [0.25, 0.3) is 5.78 Å². The van der Waals surface area contributed by atoms with Gasteiger partial charge >= 0.3 is 6.09 Å². The Bertz CT molecular complexity index is 1290. The highest BCUT2D eigenvalue weighted by Crippen LogP contribution is 2.30. The smallest absolute Gasteiger partial charge is 0.408 e. The molecule has 2 aliphatic rings. The molecule has 3 aromatic rings. The number of anilines is 1. The number of carbonyl (C=O) groups excluding carboxylic acids is 2. The van der Waals surface area contributed by atoms with Gasteiger partial charge in [-0.25, -0.2) is 9.78 Å². The first-order valence-electron chi connectivity index (χ1n) is 12.7. The number of hydrogen-bond acceptors (Lipinski definition) is 8. The number of alkyl carbamates (subject to hydrolysis) is 1. The maximum Gasteiger partial charge on any atom is 0.408 e. The van der Waals surface area contributed by atoms with Gasteiger partial charge in [0, 0.05) is 31.4 Å². The van der Waals surface area contributed by atoms with Crippen molar-refractivity contribution in [2.45, 2.75) is 58.2 Å². The van der Waals surface area contributed by atoms with Gasteiger partial charge in [0.1, 0.15) is 36.6 Å². The van der Waals surface area contributed by atoms with Crippen LogP contribution in [0.1, 0.15) is 44.7 Å². The van der Waals surface area contributed by atoms with Crippen molar-refractivity contribution < 1.29 is 19.1 Å². The van der Waals surface area contributed by atoms with Crippen LogP contribution in [0.25, 0.3) is 5.78 Å². The topological polar surface area (TPSA) is 114 Å². The van der Waals surface area contributed by atoms with Crippen molar-refractivity contribution in [1.29, 1.82) is 0 Å². The van der Waals surface area contributed by atoms with E-state index >= 15 is 0 Å². The molecule has 1 saturated heterocycles. The lowest BCUT2D eigenvalue weighted by Gasteiger charge is -2.31. The standard InChI is InChI=1S/C26H33N7O4/c1-26(2,3)37-25(35)28-14-23(34)31-13-10-18-6-4-8-21(20(18)15-31)36-16-19-7-5-12-32(19)22-9-11-27-24-29-17-30-33(22)24/h4,6,8-9,11,17,19H,5,7,10,12-16H2,1-3H3,(H,28,35)/t19-/m1/s1. The number of nitrogens with one attached hydrogen (secondary N) is 1. The van der Waals surface area contributed by atoms with E-state index in [1.807, 2.05) is 18.2 Å². The largest absolute Gasteiger partial charge is 0.491 e. The molecule has 0 aliphatic carbocycles. The average Bonchev–Trinajstić information content (AvgIpc) is 3.54. The molecule has 0 unspecified atom stereocenters. The van der Waals surface area contributed by atoms with E-state index in [0.29, 0.717) is 25.5 Å². The number of aromatic nitrogens is 4. The molecule has 2 aromatic heterocycles. The van der Waals surface area contributed by atoms with E-state index in [1.54, 1.807) is 36.4 Å². The van der Waals surface area contributed by atoms with Gasteiger partial charge in [-0.3, -0.25) is 4.79 Å². The molecular weight excluding hydrogens is 474 g/mol. The fourth-order valence-electron chi connectivity index (χ4n) is 4.91. The molecular formula is C26H33N7O4. The lowest BCUT2D eigenvalue weighted by Crippen LogP contribution is -2.43. The highest BCUT2D eigenvalue weighted by molar-refractivity contribution is 5.82. The maximum absolute atomic E-state index is 12.8. The van der Waals surface area contributed by atoms with Gasteiger partial charge in [-0.2, -0.15) is 14.6 Å². The van der Waals surface area contributed by atoms with E-state index < -0.39 is 11.7 Å². The van der Waals surface area contributed by atoms with Crippen LogP contribution in [0.4, 0.5) is 10.6 Å². The number of rotatable bonds is 6. The number of benzene rings is 1. The van der Waals surface area contributed by atoms with Gasteiger partial charge < -0.3 is 24.6 Å². The molecule has 0 spiro atoms. The minimum atomic E-state index is -0.614. The van der Waals surface area contributed by atoms with Gasteiger partial charge in [-0.15, -0.1) is 0 Å². The third-order valence-corrected chi connectivity index (χ3v) is 6.63. The molecule has 0 bridgehead atoms. The van der Waals surface area contributed by atoms with Crippen molar-refractivity contribution in [2.24, 2.45) is 0 Å². The van der Waals surface area contributed by atoms with Crippen molar-refractivity contribution in [3.05, 3.63) is 47.9 Å². The number of hydrogen-bond donors (Lipinski definition) is 1. The zero-order valence-electron chi connectivity index (χ0n) is 21.5. The number of nitrogens with zero attached hydrogens (tertiary/aromatic N) is 6. The SMILES string of the molecule is CC(C)(C)OC(=O)NCC(=O)N1CCc2cccc(OC[C@H]3CCCN3c3ccnc4ncnn34)c2C1. The van der Waals surface area contributed by atoms with Gasteiger partial charge in [-0.1, -0.05) is 12.1 Å². The quantitative estimate of drug-likeness (QED) is 0.542. The molecule has 5 rings (SSSR count). The van der Waals surface area contributed by atoms with E-state index in [1.165, 1.54) is 11.9 Å². The zero-order chi connectivity index (χ0) is 26.0. The summed E-state index contributed by atoms with van der Waals surface area (Å²) in [5.41, 5.74) is 1.59. The van der Waals surface area contributed by atoms with Crippen LogP contribution < -0.4 is 15.0 Å². The Balaban J connectivity index is 1.23. The fraction of sp³-hybridized carbons (Fsp3) is 0.500. The molecule has 196 valence electrons. The minimum Gasteiger partial charge on any atom is -0.491 e. The van der Waals surface area contributed by atoms with Gasteiger partial charge in [-0.05, 0) is 57.7 Å². The van der Waals surface area contributed by atoms with Crippen LogP contribution in [0.5, 0.6) is 5.75 Å². The van der Waals surface area contributed by atoms with Crippen LogP contribution >= 0.6 is 0 Å². The molecule has 2 aliphatic heterocycles. The van der Waals surface area contributed by atoms with Crippen LogP contribution in [-0.2, 0) is 22.5 Å². The summed E-state index contributed by atoms with van der Waals surface area (Å²) < 4.78 is 13.4. The van der Waals surface area contributed by atoms with E-state index in [-0.39, 0.29) is 18.5 Å². The van der Waals surface area contributed by atoms with Crippen LogP contribution in [0.3, 0.4) is 0 Å². The number of ether oxygens (including phenoxy) is 2. The summed E-state index contributed by atoms with van der Waals surface area (Å²) >= 11 is 0. The number of fused-ring (bicyclic) bond motifs is 2. The van der Waals surface area contributed by atoms with Crippen molar-refractivity contribution >= 4 is 23.6 Å². The summed E-state index contributed by atoms with van der Waals surface area (Å²) in [6.07, 6.45) is 5.48. The molecule has 11 heteroatoms. The zero-order valence-corrected chi connectivity index (χ0v) is 21.5. The molecule has 1 atom stereocenters. The van der Waals surface area contributed by atoms with Crippen LogP contribution in [0.2, 0.25) is 0 Å². The molecule has 1 aromatic carbocycles. The van der Waals surface area contributed by atoms with Gasteiger partial charge in [0.2, 0.25) is 5.91 Å². The Morgan fingerprint density at radius 3 is 2.86 bits per heavy atom. The lowest BCUT2D eigenvalue weighted by atomic mass is 9.98. The van der Waals surface area contributed by atoms with E-state index in [2.05, 4.69) is 31.3 Å². The molecule has 0 radical (unpaired) electrons. The summed E-state index contributed by atoms with van der Waals surface area (Å²) in [7, 11) is 0. The molecule has 2 amide bonds. The lowest BCUT2D eigenvalue weighted by molar-refractivity contribution is -0.131. The Labute approximate surface area is 215 Å². The average molecular weight is 508 g/mol. The second-order valence-electron chi connectivity index (χ2n) is 10.4. The van der Waals surface area contributed by atoms with E-state index in [4.69, 9.17) is 9.47 Å². The third kappa shape index (κ3) is 5.60. The Hall–Kier alpha value is -3.89. The Morgan fingerprint density at radius 2 is 2.03 bits per heavy atom. The predicted octanol–water partition coefficient (Wildman–Crippen LogP) is 2.58. The van der Waals surface area contributed by atoms with E-state index in [9.17, 15) is 9.59 Å². The molecule has 1 fully saturated rings. The molecule has 37 heavy (non-hydrogen) atoms. The van der Waals surface area contributed by atoms with Crippen molar-refractivity contribution in [1.82, 2.24) is 29.8 Å². The molecule has 1 N–H and O–H groups in total. The first kappa shape index (κ1) is 24.8. The van der Waals surface area contributed by atoms with Crippen molar-refractivity contribution in [3.8, 4) is 5.75 Å². The summed E-state index contributed by atoms with van der Waals surface area (Å²) in [6, 6.07) is 8.20. The summed E-state index contributed by atoms with van der Waals surface area (Å²) in [5.74, 6) is 2.18. The minimum absolute atomic E-state index is 0.104. The Kier molecular flexibility index (Phi) is 6.86. The van der Waals surface area contributed by atoms with Crippen LogP contribution in [0, 0.1) is 0 Å². The summed E-state index contributed by atoms with van der Waals surface area (Å²) in [6.45, 7) is 7.72. The number of carbonyl (C=O) groups is 2. The Morgan fingerprint density at radius 1 is 1.16 bits per heavy atom. The molecule has 11 nitrogen and oxygen atoms in total. The second kappa shape index (κ2) is 10.2. The van der Waals surface area contributed by atoms with Crippen molar-refractivity contribution in [3.63, 3.8) is 0 Å². The summed E-state index contributed by atoms with van der Waals surface area (Å²) in [4.78, 5) is 37.3. The van der Waals surface area contributed by atoms with E-state index in [0.717, 1.165) is 42.9 Å². The maximum atomic E-state index is 12.8. The molecule has 4 heterocycles. The second-order valence-corrected chi connectivity index (χ2v) is 10.4. The highest BCUT2D eigenvalue weighted by Gasteiger charge is 2.29. The normalized spacial score (nSPS) is 17.5. The predicted molar refractivity (Wildman–Crippen MR) is 136 cm³/mol. The van der Waals surface area contributed by atoms with Gasteiger partial charge in [0.15, 0.2) is 0 Å².